The third kappa shape index (κ3) is 28.9. The molecule has 0 atom stereocenters. The Morgan fingerprint density at radius 2 is 0.786 bits per heavy atom. The lowest BCUT2D eigenvalue weighted by molar-refractivity contribution is -0.137. The highest BCUT2D eigenvalue weighted by Gasteiger charge is 2.25. The van der Waals surface area contributed by atoms with Crippen molar-refractivity contribution in [2.24, 2.45) is 0 Å². The van der Waals surface area contributed by atoms with Crippen LogP contribution in [0.15, 0.2) is 200 Å². The van der Waals surface area contributed by atoms with Gasteiger partial charge in [0.1, 0.15) is 0 Å². The molecule has 0 spiro atoms. The van der Waals surface area contributed by atoms with Crippen molar-refractivity contribution >= 4 is 116 Å². The number of nitrogens with zero attached hydrogens (tertiary/aromatic N) is 8. The van der Waals surface area contributed by atoms with Crippen LogP contribution in [0, 0.1) is 34.0 Å². The van der Waals surface area contributed by atoms with Crippen molar-refractivity contribution in [2.45, 2.75) is 77.8 Å². The van der Waals surface area contributed by atoms with Crippen molar-refractivity contribution in [1.29, 1.82) is 15.8 Å². The Balaban J connectivity index is 0.000000193. The van der Waals surface area contributed by atoms with Crippen LogP contribution in [0.3, 0.4) is 0 Å². The van der Waals surface area contributed by atoms with Gasteiger partial charge in [0.25, 0.3) is 0 Å². The van der Waals surface area contributed by atoms with E-state index in [1.165, 1.54) is 0 Å². The fourth-order valence-corrected chi connectivity index (χ4v) is 14.5. The van der Waals surface area contributed by atoms with Gasteiger partial charge in [0, 0.05) is 93.6 Å². The third-order valence-electron chi connectivity index (χ3n) is 18.7. The molecule has 6 amide bonds. The number of nitriles is 3. The minimum absolute atomic E-state index is 0.0426. The van der Waals surface area contributed by atoms with Gasteiger partial charge in [-0.05, 0) is 224 Å². The summed E-state index contributed by atoms with van der Waals surface area (Å²) >= 11 is 36.3. The van der Waals surface area contributed by atoms with Gasteiger partial charge in [-0.1, -0.05) is 186 Å². The zero-order valence-corrected chi connectivity index (χ0v) is 66.9. The average molecular weight is 1620 g/mol. The summed E-state index contributed by atoms with van der Waals surface area (Å²) in [5, 5.41) is 41.9. The molecule has 18 nitrogen and oxygen atoms in total. The van der Waals surface area contributed by atoms with Crippen LogP contribution in [0.5, 0.6) is 0 Å². The van der Waals surface area contributed by atoms with Crippen molar-refractivity contribution in [3.8, 4) is 51.6 Å². The van der Waals surface area contributed by atoms with Crippen molar-refractivity contribution in [3.05, 3.63) is 269 Å². The monoisotopic (exact) mass is 1620 g/mol. The fraction of sp³-hybridized carbons (Fsp3) is 0.284. The number of hydrogen-bond donors (Lipinski definition) is 4. The van der Waals surface area contributed by atoms with Crippen LogP contribution >= 0.6 is 69.6 Å². The number of carbonyl (C=O) groups is 6. The molecule has 11 rings (SSSR count). The quantitative estimate of drug-likeness (QED) is 0.0297. The van der Waals surface area contributed by atoms with E-state index in [-0.39, 0.29) is 61.6 Å². The predicted octanol–water partition coefficient (Wildman–Crippen LogP) is 17.2. The third-order valence-corrected chi connectivity index (χ3v) is 20.0. The number of nitrogens with one attached hydrogen (secondary N) is 4. The summed E-state index contributed by atoms with van der Waals surface area (Å²) in [7, 11) is 0. The molecule has 2 fully saturated rings. The van der Waals surface area contributed by atoms with Crippen LogP contribution in [-0.4, -0.2) is 145 Å². The number of halogens is 6. The molecule has 112 heavy (non-hydrogen) atoms. The predicted molar refractivity (Wildman–Crippen MR) is 448 cm³/mol. The van der Waals surface area contributed by atoms with Gasteiger partial charge in [0.2, 0.25) is 35.4 Å². The van der Waals surface area contributed by atoms with E-state index in [0.717, 1.165) is 120 Å². The van der Waals surface area contributed by atoms with Crippen molar-refractivity contribution in [2.75, 3.05) is 95.7 Å². The Bertz CT molecular complexity index is 4760. The van der Waals surface area contributed by atoms with Gasteiger partial charge < -0.3 is 40.9 Å². The maximum atomic E-state index is 13.2. The lowest BCUT2D eigenvalue weighted by Crippen LogP contribution is -2.44. The van der Waals surface area contributed by atoms with Gasteiger partial charge in [0.05, 0.1) is 61.1 Å². The molecule has 9 aromatic carbocycles. The number of anilines is 2. The number of benzene rings is 9. The summed E-state index contributed by atoms with van der Waals surface area (Å²) < 4.78 is 0. The summed E-state index contributed by atoms with van der Waals surface area (Å²) in [5.74, 6) is -1.08. The molecule has 2 aliphatic rings. The first-order valence-corrected chi connectivity index (χ1v) is 39.4. The van der Waals surface area contributed by atoms with E-state index >= 15 is 0 Å². The number of likely N-dealkylation sites (tertiary alicyclic amines) is 2. The van der Waals surface area contributed by atoms with Crippen LogP contribution < -0.4 is 21.3 Å². The number of hydrogen-bond acceptors (Lipinski definition) is 12. The Labute approximate surface area is 685 Å². The van der Waals surface area contributed by atoms with E-state index in [9.17, 15) is 34.0 Å². The molecule has 0 bridgehead atoms. The molecule has 2 heterocycles. The normalized spacial score (nSPS) is 12.3. The number of amides is 6. The molecule has 2 saturated heterocycles. The maximum Gasteiger partial charge on any atom is 0.243 e. The number of rotatable bonds is 31. The van der Waals surface area contributed by atoms with E-state index in [1.54, 1.807) is 87.5 Å². The maximum absolute atomic E-state index is 13.2. The fourth-order valence-electron chi connectivity index (χ4n) is 12.8. The molecule has 9 aromatic rings. The first kappa shape index (κ1) is 85.9. The number of carbonyl (C=O) groups excluding carboxylic acids is 6. The van der Waals surface area contributed by atoms with Gasteiger partial charge in [-0.15, -0.1) is 0 Å². The molecule has 0 saturated carbocycles. The van der Waals surface area contributed by atoms with E-state index in [2.05, 4.69) is 56.2 Å². The minimum atomic E-state index is -0.319. The molecule has 0 radical (unpaired) electrons. The Morgan fingerprint density at radius 1 is 0.402 bits per heavy atom. The van der Waals surface area contributed by atoms with Gasteiger partial charge >= 0.3 is 0 Å². The molecule has 4 N–H and O–H groups in total. The summed E-state index contributed by atoms with van der Waals surface area (Å²) in [6.45, 7) is 9.56. The molecule has 0 aromatic heterocycles. The first-order valence-electron chi connectivity index (χ1n) is 37.2. The van der Waals surface area contributed by atoms with Crippen molar-refractivity contribution < 1.29 is 28.8 Å². The smallest absolute Gasteiger partial charge is 0.243 e. The molecule has 24 heteroatoms. The van der Waals surface area contributed by atoms with Gasteiger partial charge in [0.15, 0.2) is 0 Å². The first-order chi connectivity index (χ1) is 54.2. The Hall–Kier alpha value is -10.1. The lowest BCUT2D eigenvalue weighted by atomic mass is 10.0. The Morgan fingerprint density at radius 3 is 1.21 bits per heavy atom. The van der Waals surface area contributed by atoms with Crippen LogP contribution in [-0.2, 0) is 54.7 Å². The topological polar surface area (TPSA) is 238 Å². The van der Waals surface area contributed by atoms with Crippen molar-refractivity contribution in [1.82, 2.24) is 35.1 Å². The molecule has 578 valence electrons. The summed E-state index contributed by atoms with van der Waals surface area (Å²) in [4.78, 5) is 87.0. The summed E-state index contributed by atoms with van der Waals surface area (Å²) in [5.41, 5.74) is 12.5. The SMILES string of the molecule is CCCNCCC(=O)N(CCc1ccc(-c2cccc(C#N)c2)cc1)CC(=O)Nc1cc(Cl)cc(Cl)c1.N#Cc1cccc(-c2ccc(CCN(CC(=O)Nc3cc(Cl)cc(Cl)c3)C(=O)CN3CCCC3)cc2)c1.N#Cc1cccc(-c2ccc(CN(CC(=O)NCc3cc(Cl)cc(Cl)c3)C(=O)CCN3CCCC3)cc2)c1. The highest BCUT2D eigenvalue weighted by Crippen LogP contribution is 2.28. The van der Waals surface area contributed by atoms with Crippen LogP contribution in [0.25, 0.3) is 33.4 Å². The van der Waals surface area contributed by atoms with E-state index in [1.807, 2.05) is 127 Å². The van der Waals surface area contributed by atoms with Crippen LogP contribution in [0.1, 0.15) is 90.8 Å². The zero-order chi connectivity index (χ0) is 79.7. The van der Waals surface area contributed by atoms with E-state index < -0.39 is 0 Å². The van der Waals surface area contributed by atoms with E-state index in [4.69, 9.17) is 80.1 Å². The van der Waals surface area contributed by atoms with Crippen LogP contribution in [0.2, 0.25) is 30.1 Å². The molecular formula is C88H88Cl6N12O6. The highest BCUT2D eigenvalue weighted by atomic mass is 35.5. The Kier molecular flexibility index (Phi) is 34.4. The second kappa shape index (κ2) is 44.8. The van der Waals surface area contributed by atoms with Gasteiger partial charge in [-0.3, -0.25) is 33.7 Å². The minimum Gasteiger partial charge on any atom is -0.350 e. The van der Waals surface area contributed by atoms with Crippen molar-refractivity contribution in [3.63, 3.8) is 0 Å². The molecular weight excluding hydrogens is 1530 g/mol. The van der Waals surface area contributed by atoms with Gasteiger partial charge in [-0.25, -0.2) is 0 Å². The molecule has 0 unspecified atom stereocenters. The molecule has 0 aliphatic carbocycles. The average Bonchev–Trinajstić information content (AvgIpc) is 0.930. The standard InChI is InChI=1S/C30H30Cl2N4O2.C29H28Cl2N4O2.C29H30Cl2N4O2/c31-27-15-24(16-28(32)17-27)19-34-29(37)21-36(30(38)10-13-35-11-1-2-12-35)20-22-6-8-25(9-7-22)26-5-3-4-23(14-26)18-33;30-25-15-26(31)17-27(16-25)33-28(36)19-35(29(37)20-34-11-1-2-12-34)13-10-21-6-8-23(9-7-21)24-5-3-4-22(14-24)18-32;1-2-12-33-13-10-29(37)35(20-28(36)34-27-17-25(30)16-26(31)18-27)14-11-21-6-8-23(9-7-21)24-5-3-4-22(15-24)19-32/h3-9,14-17H,1-2,10-13,19-21H2,(H,34,37);3-9,14-17H,1-2,10-13,19-20H2,(H,33,36);3-9,15-18,33H,2,10-14,20H2,1H3,(H,34,36). The summed E-state index contributed by atoms with van der Waals surface area (Å²) in [6.07, 6.45) is 7.39. The second-order valence-electron chi connectivity index (χ2n) is 27.3. The second-order valence-corrected chi connectivity index (χ2v) is 29.9. The lowest BCUT2D eigenvalue weighted by Gasteiger charge is -2.25. The van der Waals surface area contributed by atoms with Gasteiger partial charge in [-0.2, -0.15) is 15.8 Å². The summed E-state index contributed by atoms with van der Waals surface area (Å²) in [6, 6.07) is 67.6. The zero-order valence-electron chi connectivity index (χ0n) is 62.3. The van der Waals surface area contributed by atoms with Crippen LogP contribution in [0.4, 0.5) is 11.4 Å². The van der Waals surface area contributed by atoms with E-state index in [0.29, 0.717) is 123 Å². The largest absolute Gasteiger partial charge is 0.350 e. The highest BCUT2D eigenvalue weighted by molar-refractivity contribution is 6.36. The molecule has 2 aliphatic heterocycles.